The SMILES string of the molecule is Cc1ccccc1NC1CC[N]CC1. The highest BCUT2D eigenvalue weighted by Crippen LogP contribution is 2.17. The Labute approximate surface area is 85.7 Å². The largest absolute Gasteiger partial charge is 0.382 e. The van der Waals surface area contributed by atoms with E-state index in [1.54, 1.807) is 0 Å². The van der Waals surface area contributed by atoms with E-state index in [1.165, 1.54) is 24.1 Å². The van der Waals surface area contributed by atoms with E-state index in [2.05, 4.69) is 41.8 Å². The molecule has 1 N–H and O–H groups in total. The van der Waals surface area contributed by atoms with Gasteiger partial charge in [0.1, 0.15) is 0 Å². The van der Waals surface area contributed by atoms with Gasteiger partial charge >= 0.3 is 0 Å². The Balaban J connectivity index is 1.99. The van der Waals surface area contributed by atoms with Gasteiger partial charge in [0.05, 0.1) is 0 Å². The van der Waals surface area contributed by atoms with Crippen molar-refractivity contribution in [3.8, 4) is 0 Å². The Kier molecular flexibility index (Phi) is 3.04. The van der Waals surface area contributed by atoms with Crippen LogP contribution in [0, 0.1) is 6.92 Å². The zero-order valence-electron chi connectivity index (χ0n) is 8.66. The van der Waals surface area contributed by atoms with Crippen LogP contribution in [0.2, 0.25) is 0 Å². The van der Waals surface area contributed by atoms with Crippen molar-refractivity contribution < 1.29 is 0 Å². The summed E-state index contributed by atoms with van der Waals surface area (Å²) in [6.07, 6.45) is 2.35. The number of nitrogens with one attached hydrogen (secondary N) is 1. The van der Waals surface area contributed by atoms with Crippen molar-refractivity contribution in [2.75, 3.05) is 18.4 Å². The fraction of sp³-hybridized carbons (Fsp3) is 0.500. The highest BCUT2D eigenvalue weighted by molar-refractivity contribution is 5.50. The molecule has 0 unspecified atom stereocenters. The summed E-state index contributed by atoms with van der Waals surface area (Å²) in [5.41, 5.74) is 2.61. The topological polar surface area (TPSA) is 26.1 Å². The summed E-state index contributed by atoms with van der Waals surface area (Å²) in [6.45, 7) is 4.18. The second kappa shape index (κ2) is 4.47. The van der Waals surface area contributed by atoms with Gasteiger partial charge in [0.25, 0.3) is 0 Å². The van der Waals surface area contributed by atoms with Crippen molar-refractivity contribution >= 4 is 5.69 Å². The number of piperidine rings is 1. The molecule has 1 saturated heterocycles. The molecule has 2 nitrogen and oxygen atoms in total. The second-order valence-corrected chi connectivity index (χ2v) is 3.90. The second-order valence-electron chi connectivity index (χ2n) is 3.90. The van der Waals surface area contributed by atoms with Gasteiger partial charge < -0.3 is 5.32 Å². The molecule has 0 aromatic heterocycles. The van der Waals surface area contributed by atoms with Crippen molar-refractivity contribution in [1.29, 1.82) is 0 Å². The maximum absolute atomic E-state index is 4.35. The van der Waals surface area contributed by atoms with Gasteiger partial charge in [-0.05, 0) is 31.4 Å². The minimum atomic E-state index is 0.619. The highest BCUT2D eigenvalue weighted by Gasteiger charge is 2.13. The van der Waals surface area contributed by atoms with E-state index in [-0.39, 0.29) is 0 Å². The normalized spacial score (nSPS) is 18.1. The Morgan fingerprint density at radius 1 is 1.21 bits per heavy atom. The summed E-state index contributed by atoms with van der Waals surface area (Å²) in [7, 11) is 0. The van der Waals surface area contributed by atoms with Gasteiger partial charge in [-0.1, -0.05) is 18.2 Å². The van der Waals surface area contributed by atoms with Crippen LogP contribution in [0.25, 0.3) is 0 Å². The van der Waals surface area contributed by atoms with Gasteiger partial charge in [-0.25, -0.2) is 5.32 Å². The van der Waals surface area contributed by atoms with E-state index >= 15 is 0 Å². The summed E-state index contributed by atoms with van der Waals surface area (Å²) < 4.78 is 0. The minimum absolute atomic E-state index is 0.619. The first kappa shape index (κ1) is 9.53. The molecule has 0 bridgehead atoms. The van der Waals surface area contributed by atoms with Gasteiger partial charge in [0, 0.05) is 24.8 Å². The monoisotopic (exact) mass is 189 g/mol. The third-order valence-corrected chi connectivity index (χ3v) is 2.78. The van der Waals surface area contributed by atoms with Crippen LogP contribution in [0.4, 0.5) is 5.69 Å². The zero-order chi connectivity index (χ0) is 9.80. The van der Waals surface area contributed by atoms with Crippen molar-refractivity contribution in [1.82, 2.24) is 5.32 Å². The first-order valence-corrected chi connectivity index (χ1v) is 5.31. The summed E-state index contributed by atoms with van der Waals surface area (Å²) in [5.74, 6) is 0. The molecule has 0 amide bonds. The fourth-order valence-corrected chi connectivity index (χ4v) is 1.85. The van der Waals surface area contributed by atoms with Crippen LogP contribution in [-0.4, -0.2) is 19.1 Å². The maximum Gasteiger partial charge on any atom is 0.0372 e. The molecular weight excluding hydrogens is 172 g/mol. The standard InChI is InChI=1S/C12H17N2/c1-10-4-2-3-5-12(10)14-11-6-8-13-9-7-11/h2-5,11,14H,6-9H2,1H3. The minimum Gasteiger partial charge on any atom is -0.382 e. The third-order valence-electron chi connectivity index (χ3n) is 2.78. The summed E-state index contributed by atoms with van der Waals surface area (Å²) in [6, 6.07) is 9.09. The molecule has 1 radical (unpaired) electrons. The summed E-state index contributed by atoms with van der Waals surface area (Å²) >= 11 is 0. The maximum atomic E-state index is 4.35. The molecule has 1 aliphatic rings. The predicted molar refractivity (Wildman–Crippen MR) is 59.7 cm³/mol. The summed E-state index contributed by atoms with van der Waals surface area (Å²) in [5, 5.41) is 7.94. The number of aryl methyl sites for hydroxylation is 1. The quantitative estimate of drug-likeness (QED) is 0.758. The van der Waals surface area contributed by atoms with E-state index in [0.717, 1.165) is 13.1 Å². The number of anilines is 1. The van der Waals surface area contributed by atoms with Crippen molar-refractivity contribution in [2.45, 2.75) is 25.8 Å². The Bertz CT molecular complexity index is 290. The average molecular weight is 189 g/mol. The fourth-order valence-electron chi connectivity index (χ4n) is 1.85. The van der Waals surface area contributed by atoms with E-state index in [4.69, 9.17) is 0 Å². The molecular formula is C12H17N2. The molecule has 2 heteroatoms. The smallest absolute Gasteiger partial charge is 0.0372 e. The molecule has 1 aliphatic heterocycles. The number of rotatable bonds is 2. The third kappa shape index (κ3) is 2.26. The van der Waals surface area contributed by atoms with Crippen LogP contribution in [0.5, 0.6) is 0 Å². The van der Waals surface area contributed by atoms with Gasteiger partial charge in [0.15, 0.2) is 0 Å². The number of para-hydroxylation sites is 1. The Hall–Kier alpha value is -1.02. The highest BCUT2D eigenvalue weighted by atomic mass is 15.0. The van der Waals surface area contributed by atoms with Crippen molar-refractivity contribution in [3.63, 3.8) is 0 Å². The van der Waals surface area contributed by atoms with Crippen molar-refractivity contribution in [3.05, 3.63) is 29.8 Å². The zero-order valence-corrected chi connectivity index (χ0v) is 8.66. The van der Waals surface area contributed by atoms with Crippen molar-refractivity contribution in [2.24, 2.45) is 0 Å². The molecule has 0 saturated carbocycles. The molecule has 1 fully saturated rings. The molecule has 0 spiro atoms. The lowest BCUT2D eigenvalue weighted by molar-refractivity contribution is 0.471. The van der Waals surface area contributed by atoms with E-state index in [9.17, 15) is 0 Å². The van der Waals surface area contributed by atoms with E-state index in [1.807, 2.05) is 0 Å². The number of benzene rings is 1. The van der Waals surface area contributed by atoms with Crippen LogP contribution in [0.15, 0.2) is 24.3 Å². The first-order chi connectivity index (χ1) is 6.86. The predicted octanol–water partition coefficient (Wildman–Crippen LogP) is 2.17. The lowest BCUT2D eigenvalue weighted by atomic mass is 10.1. The number of hydrogen-bond acceptors (Lipinski definition) is 1. The van der Waals surface area contributed by atoms with Crippen LogP contribution in [-0.2, 0) is 0 Å². The number of nitrogens with zero attached hydrogens (tertiary/aromatic N) is 1. The molecule has 14 heavy (non-hydrogen) atoms. The van der Waals surface area contributed by atoms with Crippen LogP contribution < -0.4 is 10.6 Å². The Morgan fingerprint density at radius 2 is 1.93 bits per heavy atom. The molecule has 0 aliphatic carbocycles. The van der Waals surface area contributed by atoms with Gasteiger partial charge in [-0.2, -0.15) is 0 Å². The van der Waals surface area contributed by atoms with E-state index in [0.29, 0.717) is 6.04 Å². The molecule has 1 aromatic rings. The van der Waals surface area contributed by atoms with Crippen LogP contribution in [0.3, 0.4) is 0 Å². The summed E-state index contributed by atoms with van der Waals surface area (Å²) in [4.78, 5) is 0. The average Bonchev–Trinajstić information content (AvgIpc) is 2.23. The molecule has 1 aromatic carbocycles. The molecule has 1 heterocycles. The van der Waals surface area contributed by atoms with E-state index < -0.39 is 0 Å². The first-order valence-electron chi connectivity index (χ1n) is 5.31. The van der Waals surface area contributed by atoms with Gasteiger partial charge in [0.2, 0.25) is 0 Å². The molecule has 0 atom stereocenters. The Morgan fingerprint density at radius 3 is 2.64 bits per heavy atom. The lowest BCUT2D eigenvalue weighted by Crippen LogP contribution is -2.31. The van der Waals surface area contributed by atoms with Crippen LogP contribution in [0.1, 0.15) is 18.4 Å². The van der Waals surface area contributed by atoms with Gasteiger partial charge in [-0.3, -0.25) is 0 Å². The molecule has 2 rings (SSSR count). The lowest BCUT2D eigenvalue weighted by Gasteiger charge is -2.24. The van der Waals surface area contributed by atoms with Gasteiger partial charge in [-0.15, -0.1) is 0 Å². The number of hydrogen-bond donors (Lipinski definition) is 1. The van der Waals surface area contributed by atoms with Crippen LogP contribution >= 0.6 is 0 Å². The molecule has 75 valence electrons.